The molecular weight excluding hydrogens is 446 g/mol. The average Bonchev–Trinajstić information content (AvgIpc) is 2.98. The van der Waals surface area contributed by atoms with Crippen molar-refractivity contribution in [1.29, 1.82) is 0 Å². The van der Waals surface area contributed by atoms with Gasteiger partial charge in [0, 0.05) is 35.7 Å². The number of nitrogens with one attached hydrogen (secondary N) is 1. The highest BCUT2D eigenvalue weighted by atomic mass is 35.5. The lowest BCUT2D eigenvalue weighted by Gasteiger charge is -2.09. The van der Waals surface area contributed by atoms with E-state index in [0.29, 0.717) is 16.6 Å². The lowest BCUT2D eigenvalue weighted by Crippen LogP contribution is -2.26. The normalized spacial score (nSPS) is 11.0. The molecule has 3 N–H and O–H groups in total. The van der Waals surface area contributed by atoms with Gasteiger partial charge in [-0.15, -0.1) is 0 Å². The van der Waals surface area contributed by atoms with E-state index in [0.717, 1.165) is 12.1 Å². The van der Waals surface area contributed by atoms with Crippen molar-refractivity contribution in [2.75, 3.05) is 6.54 Å². The van der Waals surface area contributed by atoms with Crippen molar-refractivity contribution in [2.24, 2.45) is 0 Å². The maximum Gasteiger partial charge on any atom is 0.305 e. The van der Waals surface area contributed by atoms with E-state index in [4.69, 9.17) is 16.7 Å². The molecule has 0 radical (unpaired) electrons. The summed E-state index contributed by atoms with van der Waals surface area (Å²) < 4.78 is 29.2. The van der Waals surface area contributed by atoms with Crippen LogP contribution in [0.5, 0.6) is 5.75 Å². The zero-order valence-corrected chi connectivity index (χ0v) is 17.7. The van der Waals surface area contributed by atoms with Crippen LogP contribution in [0.25, 0.3) is 10.9 Å². The van der Waals surface area contributed by atoms with Crippen molar-refractivity contribution in [3.63, 3.8) is 0 Å². The number of nitrogens with zero attached hydrogens (tertiary/aromatic N) is 1. The van der Waals surface area contributed by atoms with Crippen LogP contribution in [0.4, 0.5) is 8.78 Å². The van der Waals surface area contributed by atoms with Crippen molar-refractivity contribution in [2.45, 2.75) is 26.2 Å². The number of carbonyl (C=O) groups excluding carboxylic acids is 2. The molecule has 0 atom stereocenters. The second kappa shape index (κ2) is 9.35. The van der Waals surface area contributed by atoms with E-state index in [1.165, 1.54) is 22.8 Å². The van der Waals surface area contributed by atoms with E-state index >= 15 is 0 Å². The van der Waals surface area contributed by atoms with Gasteiger partial charge in [0.25, 0.3) is 5.91 Å². The largest absolute Gasteiger partial charge is 0.505 e. The number of amides is 1. The molecule has 1 amide bonds. The van der Waals surface area contributed by atoms with Crippen LogP contribution in [0.1, 0.15) is 34.5 Å². The van der Waals surface area contributed by atoms with Gasteiger partial charge in [-0.05, 0) is 43.2 Å². The molecular formula is C22H19ClF2N2O5. The summed E-state index contributed by atoms with van der Waals surface area (Å²) in [4.78, 5) is 35.8. The van der Waals surface area contributed by atoms with Crippen molar-refractivity contribution < 1.29 is 33.4 Å². The number of phenolic OH excluding ortho intramolecular Hbond substituents is 1. The van der Waals surface area contributed by atoms with Crippen LogP contribution in [0.3, 0.4) is 0 Å². The quantitative estimate of drug-likeness (QED) is 0.493. The smallest absolute Gasteiger partial charge is 0.305 e. The monoisotopic (exact) mass is 464 g/mol. The molecule has 0 saturated carbocycles. The number of aliphatic carboxylic acids is 1. The van der Waals surface area contributed by atoms with Gasteiger partial charge in [0.1, 0.15) is 5.82 Å². The van der Waals surface area contributed by atoms with Crippen LogP contribution in [-0.4, -0.2) is 39.1 Å². The fourth-order valence-electron chi connectivity index (χ4n) is 3.46. The van der Waals surface area contributed by atoms with E-state index in [-0.39, 0.29) is 41.9 Å². The molecule has 0 aliphatic heterocycles. The summed E-state index contributed by atoms with van der Waals surface area (Å²) in [7, 11) is 0. The SMILES string of the molecule is Cc1c(CCC(=O)NCCC(=O)O)c2cc(O)c(F)cc2n1C(=O)c1ccc(Cl)c(F)c1. The Morgan fingerprint density at radius 3 is 2.47 bits per heavy atom. The lowest BCUT2D eigenvalue weighted by molar-refractivity contribution is -0.136. The van der Waals surface area contributed by atoms with E-state index < -0.39 is 35.2 Å². The lowest BCUT2D eigenvalue weighted by atomic mass is 10.1. The van der Waals surface area contributed by atoms with Gasteiger partial charge in [0.2, 0.25) is 5.91 Å². The number of hydrogen-bond donors (Lipinski definition) is 3. The van der Waals surface area contributed by atoms with Gasteiger partial charge in [-0.3, -0.25) is 19.0 Å². The van der Waals surface area contributed by atoms with Gasteiger partial charge in [0.05, 0.1) is 17.0 Å². The molecule has 3 aromatic rings. The minimum absolute atomic E-state index is 0.0154. The zero-order valence-electron chi connectivity index (χ0n) is 16.9. The van der Waals surface area contributed by atoms with E-state index in [1.54, 1.807) is 6.92 Å². The maximum absolute atomic E-state index is 14.1. The number of aryl methyl sites for hydroxylation is 1. The predicted octanol–water partition coefficient (Wildman–Crippen LogP) is 3.80. The minimum Gasteiger partial charge on any atom is -0.505 e. The summed E-state index contributed by atoms with van der Waals surface area (Å²) >= 11 is 5.68. The van der Waals surface area contributed by atoms with Crippen LogP contribution in [-0.2, 0) is 16.0 Å². The van der Waals surface area contributed by atoms with E-state index in [1.807, 2.05) is 0 Å². The summed E-state index contributed by atoms with van der Waals surface area (Å²) in [5.74, 6) is -4.42. The van der Waals surface area contributed by atoms with Crippen LogP contribution >= 0.6 is 11.6 Å². The number of phenols is 1. The molecule has 0 aliphatic rings. The first-order valence-electron chi connectivity index (χ1n) is 9.60. The predicted molar refractivity (Wildman–Crippen MR) is 113 cm³/mol. The van der Waals surface area contributed by atoms with E-state index in [2.05, 4.69) is 5.32 Å². The third-order valence-corrected chi connectivity index (χ3v) is 5.34. The second-order valence-electron chi connectivity index (χ2n) is 7.15. The van der Waals surface area contributed by atoms with Gasteiger partial charge in [-0.1, -0.05) is 11.6 Å². The highest BCUT2D eigenvalue weighted by molar-refractivity contribution is 6.30. The summed E-state index contributed by atoms with van der Waals surface area (Å²) in [6, 6.07) is 5.72. The third-order valence-electron chi connectivity index (χ3n) is 5.04. The molecule has 2 aromatic carbocycles. The minimum atomic E-state index is -1.04. The average molecular weight is 465 g/mol. The molecule has 0 fully saturated rings. The standard InChI is InChI=1S/C22H19ClF2N2O5/c1-11-13(3-5-20(29)26-7-6-21(30)31)14-9-19(28)17(25)10-18(14)27(11)22(32)12-2-4-15(23)16(24)8-12/h2,4,8-10,28H,3,5-7H2,1H3,(H,26,29)(H,30,31). The first-order valence-corrected chi connectivity index (χ1v) is 9.98. The molecule has 0 bridgehead atoms. The molecule has 168 valence electrons. The Hall–Kier alpha value is -3.46. The Labute approximate surface area is 186 Å². The molecule has 0 unspecified atom stereocenters. The molecule has 0 spiro atoms. The van der Waals surface area contributed by atoms with Crippen molar-refractivity contribution in [1.82, 2.24) is 9.88 Å². The zero-order chi connectivity index (χ0) is 23.6. The third kappa shape index (κ3) is 4.72. The fraction of sp³-hybridized carbons (Fsp3) is 0.227. The van der Waals surface area contributed by atoms with E-state index in [9.17, 15) is 28.3 Å². The molecule has 1 heterocycles. The number of halogens is 3. The first kappa shape index (κ1) is 23.2. The number of carbonyl (C=O) groups is 3. The number of carboxylic acids is 1. The molecule has 3 rings (SSSR count). The van der Waals surface area contributed by atoms with Crippen molar-refractivity contribution in [3.8, 4) is 5.75 Å². The van der Waals surface area contributed by atoms with Crippen LogP contribution < -0.4 is 5.32 Å². The highest BCUT2D eigenvalue weighted by Crippen LogP contribution is 2.32. The molecule has 0 saturated heterocycles. The number of benzene rings is 2. The number of rotatable bonds is 7. The summed E-state index contributed by atoms with van der Waals surface area (Å²) in [5, 5.41) is 21.2. The van der Waals surface area contributed by atoms with Crippen molar-refractivity contribution >= 4 is 40.3 Å². The number of fused-ring (bicyclic) bond motifs is 1. The maximum atomic E-state index is 14.1. The number of aromatic nitrogens is 1. The van der Waals surface area contributed by atoms with Gasteiger partial charge in [-0.2, -0.15) is 0 Å². The number of hydrogen-bond acceptors (Lipinski definition) is 4. The van der Waals surface area contributed by atoms with Gasteiger partial charge >= 0.3 is 5.97 Å². The molecule has 1 aromatic heterocycles. The molecule has 10 heteroatoms. The Morgan fingerprint density at radius 1 is 1.09 bits per heavy atom. The summed E-state index contributed by atoms with van der Waals surface area (Å²) in [6.07, 6.45) is -0.105. The Morgan fingerprint density at radius 2 is 1.81 bits per heavy atom. The Balaban J connectivity index is 1.99. The Bertz CT molecular complexity index is 1240. The highest BCUT2D eigenvalue weighted by Gasteiger charge is 2.23. The van der Waals surface area contributed by atoms with Crippen molar-refractivity contribution in [3.05, 3.63) is 63.8 Å². The van der Waals surface area contributed by atoms with Crippen LogP contribution in [0, 0.1) is 18.6 Å². The van der Waals surface area contributed by atoms with Crippen LogP contribution in [0.15, 0.2) is 30.3 Å². The Kier molecular flexibility index (Phi) is 6.78. The fourth-order valence-corrected chi connectivity index (χ4v) is 3.58. The number of aromatic hydroxyl groups is 1. The molecule has 32 heavy (non-hydrogen) atoms. The molecule has 7 nitrogen and oxygen atoms in total. The summed E-state index contributed by atoms with van der Waals surface area (Å²) in [6.45, 7) is 1.57. The van der Waals surface area contributed by atoms with Gasteiger partial charge in [-0.25, -0.2) is 8.78 Å². The molecule has 0 aliphatic carbocycles. The number of carboxylic acid groups (broad SMARTS) is 1. The van der Waals surface area contributed by atoms with Crippen LogP contribution in [0.2, 0.25) is 5.02 Å². The first-order chi connectivity index (χ1) is 15.1. The topological polar surface area (TPSA) is 109 Å². The second-order valence-corrected chi connectivity index (χ2v) is 7.56. The van der Waals surface area contributed by atoms with Gasteiger partial charge < -0.3 is 15.5 Å². The summed E-state index contributed by atoms with van der Waals surface area (Å²) in [5.41, 5.74) is 1.05. The van der Waals surface area contributed by atoms with Gasteiger partial charge in [0.15, 0.2) is 11.6 Å².